The number of hydrogen-bond donors (Lipinski definition) is 0. The van der Waals surface area contributed by atoms with Crippen LogP contribution >= 0.6 is 0 Å². The van der Waals surface area contributed by atoms with Crippen LogP contribution in [-0.4, -0.2) is 56.7 Å². The number of aryl methyl sites for hydroxylation is 1. The van der Waals surface area contributed by atoms with Gasteiger partial charge in [0.05, 0.1) is 30.9 Å². The number of rotatable bonds is 19. The van der Waals surface area contributed by atoms with Gasteiger partial charge in [0.2, 0.25) is 0 Å². The lowest BCUT2D eigenvalue weighted by Gasteiger charge is -2.11. The molecule has 1 saturated heterocycles. The van der Waals surface area contributed by atoms with E-state index in [2.05, 4.69) is 13.2 Å². The summed E-state index contributed by atoms with van der Waals surface area (Å²) in [6.45, 7) is 10.6. The van der Waals surface area contributed by atoms with E-state index in [1.807, 2.05) is 0 Å². The molecule has 46 heavy (non-hydrogen) atoms. The van der Waals surface area contributed by atoms with Crippen LogP contribution in [0.25, 0.3) is 0 Å². The smallest absolute Gasteiger partial charge is 0.343 e. The van der Waals surface area contributed by atoms with E-state index in [1.165, 1.54) is 0 Å². The molecular formula is C36H38O10. The number of epoxide rings is 1. The topological polar surface area (TPSA) is 119 Å². The maximum absolute atomic E-state index is 12.7. The van der Waals surface area contributed by atoms with E-state index in [0.717, 1.165) is 18.9 Å². The minimum Gasteiger partial charge on any atom is -0.494 e. The van der Waals surface area contributed by atoms with Gasteiger partial charge in [0.1, 0.15) is 29.1 Å². The van der Waals surface area contributed by atoms with Gasteiger partial charge in [-0.25, -0.2) is 14.4 Å². The first-order chi connectivity index (χ1) is 22.4. The Hall–Kier alpha value is -4.93. The van der Waals surface area contributed by atoms with Gasteiger partial charge in [0, 0.05) is 12.7 Å². The molecule has 1 heterocycles. The molecule has 0 N–H and O–H groups in total. The number of esters is 3. The van der Waals surface area contributed by atoms with Crippen LogP contribution in [0, 0.1) is 6.92 Å². The Labute approximate surface area is 268 Å². The van der Waals surface area contributed by atoms with E-state index >= 15 is 0 Å². The normalized spacial score (nSPS) is 14.9. The molecule has 4 rings (SSSR count). The Kier molecular flexibility index (Phi) is 12.9. The standard InChI is InChI=1S/C36H38O10/c1-4-31-36(46-31)43-23-9-7-21-41-29-16-12-27(13-17-29)35(39)45-32-19-18-30(24-25(32)3)44-34(38)26-10-14-28(15-11-26)40-20-6-8-22-42-33(37)5-2/h4-5,10-19,24,31,36H,1-2,6-9,20-23H2,3H3. The average molecular weight is 631 g/mol. The second-order valence-corrected chi connectivity index (χ2v) is 10.3. The highest BCUT2D eigenvalue weighted by molar-refractivity contribution is 5.92. The molecule has 0 aromatic heterocycles. The largest absolute Gasteiger partial charge is 0.494 e. The van der Waals surface area contributed by atoms with Gasteiger partial charge < -0.3 is 33.2 Å². The molecule has 3 aromatic carbocycles. The minimum absolute atomic E-state index is 0.0129. The molecule has 0 amide bonds. The van der Waals surface area contributed by atoms with E-state index < -0.39 is 17.9 Å². The molecule has 0 bridgehead atoms. The van der Waals surface area contributed by atoms with E-state index in [9.17, 15) is 14.4 Å². The Morgan fingerprint density at radius 2 is 1.26 bits per heavy atom. The Bertz CT molecular complexity index is 1480. The first kappa shape index (κ1) is 34.0. The van der Waals surface area contributed by atoms with Crippen molar-refractivity contribution in [2.24, 2.45) is 0 Å². The second kappa shape index (κ2) is 17.5. The predicted molar refractivity (Wildman–Crippen MR) is 169 cm³/mol. The van der Waals surface area contributed by atoms with Crippen molar-refractivity contribution in [2.45, 2.75) is 45.0 Å². The Morgan fingerprint density at radius 1 is 0.717 bits per heavy atom. The third-order valence-corrected chi connectivity index (χ3v) is 6.76. The summed E-state index contributed by atoms with van der Waals surface area (Å²) in [5.41, 5.74) is 1.35. The maximum atomic E-state index is 12.7. The van der Waals surface area contributed by atoms with E-state index in [4.69, 9.17) is 33.2 Å². The van der Waals surface area contributed by atoms with Gasteiger partial charge in [-0.15, -0.1) is 6.58 Å². The molecule has 2 unspecified atom stereocenters. The van der Waals surface area contributed by atoms with Crippen molar-refractivity contribution >= 4 is 17.9 Å². The van der Waals surface area contributed by atoms with Gasteiger partial charge in [0.25, 0.3) is 0 Å². The fraction of sp³-hybridized carbons (Fsp3) is 0.306. The number of carbonyl (C=O) groups excluding carboxylic acids is 3. The van der Waals surface area contributed by atoms with Crippen molar-refractivity contribution in [1.29, 1.82) is 0 Å². The van der Waals surface area contributed by atoms with Crippen LogP contribution in [0.2, 0.25) is 0 Å². The number of benzene rings is 3. The van der Waals surface area contributed by atoms with Crippen LogP contribution in [0.5, 0.6) is 23.0 Å². The number of hydrogen-bond acceptors (Lipinski definition) is 10. The lowest BCUT2D eigenvalue weighted by Crippen LogP contribution is -2.11. The molecule has 1 aliphatic rings. The zero-order chi connectivity index (χ0) is 32.7. The van der Waals surface area contributed by atoms with Crippen molar-refractivity contribution in [1.82, 2.24) is 0 Å². The van der Waals surface area contributed by atoms with E-state index in [0.29, 0.717) is 79.0 Å². The van der Waals surface area contributed by atoms with Crippen LogP contribution < -0.4 is 18.9 Å². The summed E-state index contributed by atoms with van der Waals surface area (Å²) in [6, 6.07) is 18.1. The van der Waals surface area contributed by atoms with Gasteiger partial charge >= 0.3 is 17.9 Å². The highest BCUT2D eigenvalue weighted by Crippen LogP contribution is 2.26. The quantitative estimate of drug-likeness (QED) is 0.0367. The highest BCUT2D eigenvalue weighted by atomic mass is 16.8. The highest BCUT2D eigenvalue weighted by Gasteiger charge is 2.36. The molecule has 3 aromatic rings. The monoisotopic (exact) mass is 630 g/mol. The first-order valence-electron chi connectivity index (χ1n) is 15.1. The van der Waals surface area contributed by atoms with Gasteiger partial charge in [0.15, 0.2) is 6.29 Å². The number of unbranched alkanes of at least 4 members (excludes halogenated alkanes) is 2. The van der Waals surface area contributed by atoms with Gasteiger partial charge in [-0.3, -0.25) is 0 Å². The van der Waals surface area contributed by atoms with Crippen LogP contribution in [0.4, 0.5) is 0 Å². The van der Waals surface area contributed by atoms with Crippen molar-refractivity contribution in [3.05, 3.63) is 109 Å². The summed E-state index contributed by atoms with van der Waals surface area (Å²) >= 11 is 0. The minimum atomic E-state index is -0.537. The molecular weight excluding hydrogens is 592 g/mol. The summed E-state index contributed by atoms with van der Waals surface area (Å²) in [6.07, 6.45) is 5.73. The SMILES string of the molecule is C=CC(=O)OCCCCOc1ccc(C(=O)Oc2ccc(OC(=O)c3ccc(OCCCCOC4OC4C=C)cc3)c(C)c2)cc1. The summed E-state index contributed by atoms with van der Waals surface area (Å²) in [7, 11) is 0. The molecule has 0 radical (unpaired) electrons. The fourth-order valence-electron chi connectivity index (χ4n) is 4.13. The lowest BCUT2D eigenvalue weighted by molar-refractivity contribution is -0.137. The maximum Gasteiger partial charge on any atom is 0.343 e. The molecule has 1 aliphatic heterocycles. The third kappa shape index (κ3) is 10.9. The molecule has 10 nitrogen and oxygen atoms in total. The van der Waals surface area contributed by atoms with E-state index in [1.54, 1.807) is 79.7 Å². The summed E-state index contributed by atoms with van der Waals surface area (Å²) in [5.74, 6) is 0.421. The first-order valence-corrected chi connectivity index (χ1v) is 15.1. The van der Waals surface area contributed by atoms with Crippen molar-refractivity contribution in [3.63, 3.8) is 0 Å². The average Bonchev–Trinajstić information content (AvgIpc) is 3.84. The second-order valence-electron chi connectivity index (χ2n) is 10.3. The zero-order valence-electron chi connectivity index (χ0n) is 25.8. The summed E-state index contributed by atoms with van der Waals surface area (Å²) in [5, 5.41) is 0. The van der Waals surface area contributed by atoms with Crippen LogP contribution in [-0.2, 0) is 19.0 Å². The van der Waals surface area contributed by atoms with Gasteiger partial charge in [-0.05, 0) is 105 Å². The van der Waals surface area contributed by atoms with Crippen LogP contribution in [0.15, 0.2) is 92.0 Å². The Morgan fingerprint density at radius 3 is 1.80 bits per heavy atom. The third-order valence-electron chi connectivity index (χ3n) is 6.76. The van der Waals surface area contributed by atoms with Crippen LogP contribution in [0.1, 0.15) is 52.0 Å². The molecule has 1 fully saturated rings. The van der Waals surface area contributed by atoms with Crippen molar-refractivity contribution in [2.75, 3.05) is 26.4 Å². The van der Waals surface area contributed by atoms with E-state index in [-0.39, 0.29) is 12.4 Å². The molecule has 0 saturated carbocycles. The Balaban J connectivity index is 1.16. The van der Waals surface area contributed by atoms with Gasteiger partial charge in [-0.1, -0.05) is 12.7 Å². The number of ether oxygens (including phenoxy) is 7. The fourth-order valence-corrected chi connectivity index (χ4v) is 4.13. The predicted octanol–water partition coefficient (Wildman–Crippen LogP) is 6.41. The lowest BCUT2D eigenvalue weighted by atomic mass is 10.2. The molecule has 2 atom stereocenters. The van der Waals surface area contributed by atoms with Gasteiger partial charge in [-0.2, -0.15) is 0 Å². The molecule has 10 heteroatoms. The van der Waals surface area contributed by atoms with Crippen molar-refractivity contribution < 1.29 is 47.5 Å². The van der Waals surface area contributed by atoms with Crippen LogP contribution in [0.3, 0.4) is 0 Å². The zero-order valence-corrected chi connectivity index (χ0v) is 25.8. The molecule has 0 aliphatic carbocycles. The summed E-state index contributed by atoms with van der Waals surface area (Å²) in [4.78, 5) is 36.4. The molecule has 0 spiro atoms. The van der Waals surface area contributed by atoms with Crippen molar-refractivity contribution in [3.8, 4) is 23.0 Å². The summed E-state index contributed by atoms with van der Waals surface area (Å²) < 4.78 is 38.2. The molecule has 242 valence electrons. The number of carbonyl (C=O) groups is 3.